The molecular weight excluding hydrogens is 200 g/mol. The predicted octanol–water partition coefficient (Wildman–Crippen LogP) is -1.19. The van der Waals surface area contributed by atoms with E-state index in [-0.39, 0.29) is 33.5 Å². The van der Waals surface area contributed by atoms with E-state index in [1.807, 2.05) is 0 Å². The van der Waals surface area contributed by atoms with E-state index in [0.29, 0.717) is 0 Å². The minimum atomic E-state index is -4.67. The molecule has 0 aliphatic heterocycles. The molecular formula is H5FeO7S. The molecule has 9 heavy (non-hydrogen) atoms. The van der Waals surface area contributed by atoms with Crippen LogP contribution in [0.5, 0.6) is 0 Å². The smallest absolute Gasteiger partial charge is 0.870 e. The maximum absolute atomic E-state index is 8.74. The van der Waals surface area contributed by atoms with Gasteiger partial charge in [-0.1, -0.05) is 0 Å². The van der Waals surface area contributed by atoms with Gasteiger partial charge in [0, 0.05) is 0 Å². The third kappa shape index (κ3) is 4480. The van der Waals surface area contributed by atoms with Gasteiger partial charge in [0.15, 0.2) is 0 Å². The minimum Gasteiger partial charge on any atom is -0.870 e. The third-order valence-corrected chi connectivity index (χ3v) is 0. The Morgan fingerprint density at radius 2 is 0.889 bits per heavy atom. The molecule has 1 radical (unpaired) electrons. The van der Waals surface area contributed by atoms with E-state index in [2.05, 4.69) is 0 Å². The van der Waals surface area contributed by atoms with Crippen LogP contribution < -0.4 is 0 Å². The zero-order chi connectivity index (χ0) is 4.50. The van der Waals surface area contributed by atoms with Gasteiger partial charge in [0.2, 0.25) is 0 Å². The van der Waals surface area contributed by atoms with Crippen LogP contribution in [0.1, 0.15) is 0 Å². The summed E-state index contributed by atoms with van der Waals surface area (Å²) in [6.07, 6.45) is 0. The normalized spacial score (nSPS) is 6.44. The Bertz CT molecular complexity index is 92.1. The van der Waals surface area contributed by atoms with E-state index in [1.54, 1.807) is 0 Å². The molecule has 0 fully saturated rings. The standard InChI is InChI=1S/Fe.H2O4S.3H2O/c;1-5(2,3)4;;;/h;(H2,1,2,3,4);3*1H2/q+3;;;;/p-3. The van der Waals surface area contributed by atoms with Gasteiger partial charge in [-0.25, -0.2) is 0 Å². The summed E-state index contributed by atoms with van der Waals surface area (Å²) in [5, 5.41) is 0. The minimum absolute atomic E-state index is 0. The second-order valence-electron chi connectivity index (χ2n) is 0.448. The fraction of sp³-hybridized carbons (Fsp3) is 0. The summed E-state index contributed by atoms with van der Waals surface area (Å²) in [5.74, 6) is 0. The average molecular weight is 205 g/mol. The molecule has 0 unspecified atom stereocenters. The van der Waals surface area contributed by atoms with E-state index in [1.165, 1.54) is 0 Å². The van der Waals surface area contributed by atoms with Crippen molar-refractivity contribution in [2.45, 2.75) is 0 Å². The predicted molar refractivity (Wildman–Crippen MR) is 20.0 cm³/mol. The summed E-state index contributed by atoms with van der Waals surface area (Å²) in [4.78, 5) is 0. The average Bonchev–Trinajstić information content (AvgIpc) is 0.722. The van der Waals surface area contributed by atoms with Crippen molar-refractivity contribution in [1.29, 1.82) is 0 Å². The van der Waals surface area contributed by atoms with Gasteiger partial charge < -0.3 is 16.4 Å². The van der Waals surface area contributed by atoms with Crippen molar-refractivity contribution in [2.75, 3.05) is 0 Å². The second-order valence-corrected chi connectivity index (χ2v) is 1.34. The molecule has 0 aromatic rings. The maximum atomic E-state index is 8.74. The van der Waals surface area contributed by atoms with Crippen LogP contribution in [0, 0.1) is 0 Å². The summed E-state index contributed by atoms with van der Waals surface area (Å²) in [7, 11) is -4.67. The Kier molecular flexibility index (Phi) is 43.0. The molecule has 0 atom stereocenters. The Morgan fingerprint density at radius 1 is 0.889 bits per heavy atom. The Hall–Kier alpha value is 0.269. The van der Waals surface area contributed by atoms with Crippen molar-refractivity contribution in [3.05, 3.63) is 0 Å². The van der Waals surface area contributed by atoms with Crippen molar-refractivity contribution >= 4 is 10.4 Å². The molecule has 0 rings (SSSR count). The van der Waals surface area contributed by atoms with Crippen molar-refractivity contribution in [3.8, 4) is 0 Å². The summed E-state index contributed by atoms with van der Waals surface area (Å²) < 4.78 is 31.6. The Balaban J connectivity index is -0.0000000133. The van der Waals surface area contributed by atoms with Crippen molar-refractivity contribution in [3.63, 3.8) is 0 Å². The maximum Gasteiger partial charge on any atom is 3.00 e. The quantitative estimate of drug-likeness (QED) is 0.370. The molecule has 9 heteroatoms. The van der Waals surface area contributed by atoms with Gasteiger partial charge in [-0.2, -0.15) is 8.42 Å². The van der Waals surface area contributed by atoms with Crippen molar-refractivity contribution < 1.29 is 51.0 Å². The van der Waals surface area contributed by atoms with E-state index >= 15 is 0 Å². The monoisotopic (exact) mass is 205 g/mol. The molecule has 61 valence electrons. The van der Waals surface area contributed by atoms with Crippen LogP contribution in [0.3, 0.4) is 0 Å². The molecule has 7 nitrogen and oxygen atoms in total. The van der Waals surface area contributed by atoms with E-state index < -0.39 is 10.4 Å². The Labute approximate surface area is 62.0 Å². The first-order valence-corrected chi connectivity index (χ1v) is 2.10. The molecule has 0 bridgehead atoms. The van der Waals surface area contributed by atoms with Crippen LogP contribution in [0.25, 0.3) is 0 Å². The first-order chi connectivity index (χ1) is 2.00. The largest absolute Gasteiger partial charge is 3.00 e. The van der Waals surface area contributed by atoms with Crippen LogP contribution in [-0.4, -0.2) is 34.0 Å². The van der Waals surface area contributed by atoms with Gasteiger partial charge in [-0.15, -0.1) is 0 Å². The fourth-order valence-corrected chi connectivity index (χ4v) is 0. The second kappa shape index (κ2) is 11.1. The molecule has 0 aromatic heterocycles. The molecule has 0 heterocycles. The van der Waals surface area contributed by atoms with Crippen LogP contribution in [0.15, 0.2) is 0 Å². The number of hydrogen-bond acceptors (Lipinski definition) is 5. The summed E-state index contributed by atoms with van der Waals surface area (Å²) in [6.45, 7) is 0. The summed E-state index contributed by atoms with van der Waals surface area (Å²) in [5.41, 5.74) is 0. The molecule has 5 N–H and O–H groups in total. The molecule has 0 spiro atoms. The van der Waals surface area contributed by atoms with Gasteiger partial charge in [-0.05, 0) is 0 Å². The molecule has 0 saturated carbocycles. The molecule has 0 aliphatic rings. The first-order valence-electron chi connectivity index (χ1n) is 0.698. The van der Waals surface area contributed by atoms with E-state index in [4.69, 9.17) is 17.5 Å². The van der Waals surface area contributed by atoms with Gasteiger partial charge >= 0.3 is 27.5 Å². The molecule has 0 aliphatic carbocycles. The van der Waals surface area contributed by atoms with Gasteiger partial charge in [0.05, 0.1) is 0 Å². The molecule has 0 saturated heterocycles. The third-order valence-electron chi connectivity index (χ3n) is 0. The number of hydrogen-bond donors (Lipinski definition) is 2. The Morgan fingerprint density at radius 3 is 0.889 bits per heavy atom. The van der Waals surface area contributed by atoms with Crippen molar-refractivity contribution in [2.24, 2.45) is 0 Å². The SMILES string of the molecule is O=S(=O)(O)O.[Fe+3].[OH-].[OH-].[OH-]. The van der Waals surface area contributed by atoms with E-state index in [9.17, 15) is 0 Å². The van der Waals surface area contributed by atoms with Gasteiger partial charge in [0.1, 0.15) is 0 Å². The molecule has 0 amide bonds. The van der Waals surface area contributed by atoms with Gasteiger partial charge in [0.25, 0.3) is 0 Å². The van der Waals surface area contributed by atoms with Crippen LogP contribution in [0.4, 0.5) is 0 Å². The summed E-state index contributed by atoms with van der Waals surface area (Å²) in [6, 6.07) is 0. The number of rotatable bonds is 0. The molecule has 0 aromatic carbocycles. The first kappa shape index (κ1) is 34.8. The topological polar surface area (TPSA) is 165 Å². The van der Waals surface area contributed by atoms with Gasteiger partial charge in [-0.3, -0.25) is 9.11 Å². The zero-order valence-electron chi connectivity index (χ0n) is 3.81. The van der Waals surface area contributed by atoms with Crippen molar-refractivity contribution in [1.82, 2.24) is 0 Å². The van der Waals surface area contributed by atoms with Crippen LogP contribution in [-0.2, 0) is 27.5 Å². The summed E-state index contributed by atoms with van der Waals surface area (Å²) >= 11 is 0. The van der Waals surface area contributed by atoms with Crippen LogP contribution in [0.2, 0.25) is 0 Å². The zero-order valence-corrected chi connectivity index (χ0v) is 5.74. The van der Waals surface area contributed by atoms with Crippen LogP contribution >= 0.6 is 0 Å². The fourth-order valence-electron chi connectivity index (χ4n) is 0. The van der Waals surface area contributed by atoms with E-state index in [0.717, 1.165) is 0 Å².